The Morgan fingerprint density at radius 2 is 1.96 bits per heavy atom. The molecule has 4 saturated heterocycles. The number of benzene rings is 1. The van der Waals surface area contributed by atoms with Gasteiger partial charge in [0, 0.05) is 18.2 Å². The number of halogens is 3. The lowest BCUT2D eigenvalue weighted by molar-refractivity contribution is -0.156. The third kappa shape index (κ3) is 2.25. The number of carbonyl (C=O) groups is 1. The van der Waals surface area contributed by atoms with E-state index < -0.39 is 17.3 Å². The van der Waals surface area contributed by atoms with Gasteiger partial charge in [-0.15, -0.1) is 0 Å². The van der Waals surface area contributed by atoms with Crippen molar-refractivity contribution in [1.82, 2.24) is 4.90 Å². The number of carbonyl (C=O) groups excluding carboxylic acids is 1. The second-order valence-corrected chi connectivity index (χ2v) is 6.49. The van der Waals surface area contributed by atoms with Crippen LogP contribution >= 0.6 is 0 Å². The third-order valence-electron chi connectivity index (χ3n) is 5.25. The van der Waals surface area contributed by atoms with Gasteiger partial charge in [-0.1, -0.05) is 6.07 Å². The normalized spacial score (nSPS) is 33.7. The quantitative estimate of drug-likeness (QED) is 0.795. The van der Waals surface area contributed by atoms with Crippen LogP contribution in [0, 0.1) is 5.92 Å². The number of ether oxygens (including phenoxy) is 1. The highest BCUT2D eigenvalue weighted by atomic mass is 19.4. The van der Waals surface area contributed by atoms with Crippen LogP contribution in [0.25, 0.3) is 0 Å². The third-order valence-corrected chi connectivity index (χ3v) is 5.25. The monoisotopic (exact) mass is 326 g/mol. The minimum atomic E-state index is -4.42. The van der Waals surface area contributed by atoms with Gasteiger partial charge in [0.25, 0.3) is 5.91 Å². The number of alkyl halides is 3. The first kappa shape index (κ1) is 15.0. The van der Waals surface area contributed by atoms with E-state index in [0.717, 1.165) is 38.1 Å². The molecule has 1 spiro atoms. The van der Waals surface area contributed by atoms with Gasteiger partial charge in [-0.25, -0.2) is 0 Å². The summed E-state index contributed by atoms with van der Waals surface area (Å²) in [6.07, 6.45) is -2.61. The highest BCUT2D eigenvalue weighted by Crippen LogP contribution is 2.43. The SMILES string of the molecule is O=C1N(c2cccc(C(F)(F)F)c2)COC12CN1CCC2CC1. The molecule has 4 nitrogen and oxygen atoms in total. The van der Waals surface area contributed by atoms with Gasteiger partial charge < -0.3 is 4.74 Å². The number of piperidine rings is 3. The van der Waals surface area contributed by atoms with E-state index in [9.17, 15) is 18.0 Å². The molecule has 4 aliphatic heterocycles. The zero-order valence-electron chi connectivity index (χ0n) is 12.5. The van der Waals surface area contributed by atoms with Crippen molar-refractivity contribution in [1.29, 1.82) is 0 Å². The second kappa shape index (κ2) is 4.95. The molecule has 5 rings (SSSR count). The molecule has 4 aliphatic rings. The number of anilines is 1. The molecule has 0 aromatic heterocycles. The average Bonchev–Trinajstić information content (AvgIpc) is 2.85. The van der Waals surface area contributed by atoms with E-state index in [-0.39, 0.29) is 24.2 Å². The van der Waals surface area contributed by atoms with E-state index in [1.807, 2.05) is 0 Å². The summed E-state index contributed by atoms with van der Waals surface area (Å²) in [6.45, 7) is 2.50. The standard InChI is InChI=1S/C16H17F3N2O2/c17-16(18,19)12-2-1-3-13(8-12)21-10-23-15(14(21)22)9-20-6-4-11(15)5-7-20/h1-3,8,11H,4-7,9-10H2. The lowest BCUT2D eigenvalue weighted by atomic mass is 9.75. The Hall–Kier alpha value is -1.60. The molecule has 4 heterocycles. The maximum absolute atomic E-state index is 12.9. The molecule has 7 heteroatoms. The van der Waals surface area contributed by atoms with E-state index in [4.69, 9.17) is 4.74 Å². The van der Waals surface area contributed by atoms with E-state index in [1.54, 1.807) is 0 Å². The fourth-order valence-corrected chi connectivity index (χ4v) is 3.99. The first-order chi connectivity index (χ1) is 10.9. The summed E-state index contributed by atoms with van der Waals surface area (Å²) in [7, 11) is 0. The first-order valence-electron chi connectivity index (χ1n) is 7.76. The number of nitrogens with zero attached hydrogens (tertiary/aromatic N) is 2. The van der Waals surface area contributed by atoms with Gasteiger partial charge in [-0.2, -0.15) is 13.2 Å². The summed E-state index contributed by atoms with van der Waals surface area (Å²) >= 11 is 0. The van der Waals surface area contributed by atoms with Gasteiger partial charge in [-0.05, 0) is 44.1 Å². The Labute approximate surface area is 131 Å². The maximum Gasteiger partial charge on any atom is 0.416 e. The molecular formula is C16H17F3N2O2. The molecule has 4 fully saturated rings. The molecule has 0 N–H and O–H groups in total. The molecule has 1 aromatic carbocycles. The molecule has 0 saturated carbocycles. The Morgan fingerprint density at radius 1 is 1.22 bits per heavy atom. The molecule has 0 aliphatic carbocycles. The zero-order valence-corrected chi connectivity index (χ0v) is 12.5. The van der Waals surface area contributed by atoms with Crippen LogP contribution < -0.4 is 4.90 Å². The topological polar surface area (TPSA) is 32.8 Å². The van der Waals surface area contributed by atoms with Crippen molar-refractivity contribution in [2.75, 3.05) is 31.3 Å². The van der Waals surface area contributed by atoms with Crippen LogP contribution in [-0.2, 0) is 15.7 Å². The van der Waals surface area contributed by atoms with Crippen LogP contribution in [0.5, 0.6) is 0 Å². The van der Waals surface area contributed by atoms with Crippen molar-refractivity contribution in [3.63, 3.8) is 0 Å². The highest BCUT2D eigenvalue weighted by Gasteiger charge is 2.58. The zero-order chi connectivity index (χ0) is 16.2. The molecule has 1 unspecified atom stereocenters. The molecule has 1 aromatic rings. The smallest absolute Gasteiger partial charge is 0.343 e. The van der Waals surface area contributed by atoms with Crippen molar-refractivity contribution in [2.45, 2.75) is 24.6 Å². The predicted molar refractivity (Wildman–Crippen MR) is 76.8 cm³/mol. The summed E-state index contributed by atoms with van der Waals surface area (Å²) in [5, 5.41) is 0. The van der Waals surface area contributed by atoms with Gasteiger partial charge in [0.2, 0.25) is 0 Å². The molecule has 2 bridgehead atoms. The van der Waals surface area contributed by atoms with Crippen LogP contribution in [0.15, 0.2) is 24.3 Å². The van der Waals surface area contributed by atoms with E-state index in [1.165, 1.54) is 17.0 Å². The molecule has 0 radical (unpaired) electrons. The molecule has 23 heavy (non-hydrogen) atoms. The van der Waals surface area contributed by atoms with Crippen molar-refractivity contribution in [2.24, 2.45) is 5.92 Å². The van der Waals surface area contributed by atoms with Crippen LogP contribution in [0.1, 0.15) is 18.4 Å². The lowest BCUT2D eigenvalue weighted by Gasteiger charge is -2.49. The lowest BCUT2D eigenvalue weighted by Crippen LogP contribution is -2.63. The van der Waals surface area contributed by atoms with Crippen molar-refractivity contribution >= 4 is 11.6 Å². The fourth-order valence-electron chi connectivity index (χ4n) is 3.99. The summed E-state index contributed by atoms with van der Waals surface area (Å²) < 4.78 is 44.5. The summed E-state index contributed by atoms with van der Waals surface area (Å²) in [6, 6.07) is 4.88. The van der Waals surface area contributed by atoms with Gasteiger partial charge in [0.15, 0.2) is 5.60 Å². The van der Waals surface area contributed by atoms with Crippen molar-refractivity contribution in [3.8, 4) is 0 Å². The molecular weight excluding hydrogens is 309 g/mol. The Bertz CT molecular complexity index is 640. The Kier molecular flexibility index (Phi) is 3.22. The Balaban J connectivity index is 1.64. The minimum Gasteiger partial charge on any atom is -0.343 e. The van der Waals surface area contributed by atoms with E-state index >= 15 is 0 Å². The number of rotatable bonds is 1. The van der Waals surface area contributed by atoms with Crippen molar-refractivity contribution < 1.29 is 22.7 Å². The molecule has 124 valence electrons. The summed E-state index contributed by atoms with van der Waals surface area (Å²) in [5.74, 6) is -0.0398. The largest absolute Gasteiger partial charge is 0.416 e. The van der Waals surface area contributed by atoms with Crippen LogP contribution in [-0.4, -0.2) is 42.8 Å². The van der Waals surface area contributed by atoms with Gasteiger partial charge in [-0.3, -0.25) is 14.6 Å². The van der Waals surface area contributed by atoms with Crippen LogP contribution in [0.2, 0.25) is 0 Å². The van der Waals surface area contributed by atoms with Crippen molar-refractivity contribution in [3.05, 3.63) is 29.8 Å². The summed E-state index contributed by atoms with van der Waals surface area (Å²) in [4.78, 5) is 16.5. The predicted octanol–water partition coefficient (Wildman–Crippen LogP) is 2.49. The molecule has 1 atom stereocenters. The average molecular weight is 326 g/mol. The van der Waals surface area contributed by atoms with Gasteiger partial charge >= 0.3 is 6.18 Å². The first-order valence-corrected chi connectivity index (χ1v) is 7.76. The Morgan fingerprint density at radius 3 is 2.57 bits per heavy atom. The molecule has 1 amide bonds. The minimum absolute atomic E-state index is 0.0183. The maximum atomic E-state index is 12.9. The number of hydrogen-bond donors (Lipinski definition) is 0. The fraction of sp³-hybridized carbons (Fsp3) is 0.562. The van der Waals surface area contributed by atoms with Crippen LogP contribution in [0.4, 0.5) is 18.9 Å². The van der Waals surface area contributed by atoms with E-state index in [0.29, 0.717) is 6.54 Å². The number of fused-ring (bicyclic) bond motifs is 2. The van der Waals surface area contributed by atoms with Gasteiger partial charge in [0.1, 0.15) is 6.73 Å². The van der Waals surface area contributed by atoms with Gasteiger partial charge in [0.05, 0.1) is 5.56 Å². The van der Waals surface area contributed by atoms with E-state index in [2.05, 4.69) is 4.90 Å². The number of amides is 1. The summed E-state index contributed by atoms with van der Waals surface area (Å²) in [5.41, 5.74) is -1.37. The number of hydrogen-bond acceptors (Lipinski definition) is 3. The van der Waals surface area contributed by atoms with Crippen LogP contribution in [0.3, 0.4) is 0 Å². The second-order valence-electron chi connectivity index (χ2n) is 6.49. The highest BCUT2D eigenvalue weighted by molar-refractivity contribution is 6.01.